The Morgan fingerprint density at radius 3 is 2.49 bits per heavy atom. The summed E-state index contributed by atoms with van der Waals surface area (Å²) >= 11 is 1.32. The Labute approximate surface area is 200 Å². The van der Waals surface area contributed by atoms with Crippen LogP contribution >= 0.6 is 11.3 Å². The van der Waals surface area contributed by atoms with E-state index in [1.165, 1.54) is 23.6 Å². The largest absolute Gasteiger partial charge is 0.419 e. The van der Waals surface area contributed by atoms with E-state index in [4.69, 9.17) is 0 Å². The molecule has 0 aliphatic carbocycles. The molecule has 4 aromatic rings. The Kier molecular flexibility index (Phi) is 5.65. The predicted molar refractivity (Wildman–Crippen MR) is 123 cm³/mol. The first-order valence-electron chi connectivity index (χ1n) is 10.7. The van der Waals surface area contributed by atoms with Crippen molar-refractivity contribution in [2.75, 3.05) is 29.4 Å². The van der Waals surface area contributed by atoms with Crippen molar-refractivity contribution in [1.29, 1.82) is 0 Å². The molecule has 1 aliphatic rings. The van der Waals surface area contributed by atoms with Crippen molar-refractivity contribution < 1.29 is 26.3 Å². The summed E-state index contributed by atoms with van der Waals surface area (Å²) in [5.74, 6) is 0.243. The van der Waals surface area contributed by atoms with Crippen LogP contribution in [0.3, 0.4) is 0 Å². The number of thiophene rings is 1. The minimum Gasteiger partial charge on any atom is -0.352 e. The van der Waals surface area contributed by atoms with Gasteiger partial charge in [0.2, 0.25) is 5.95 Å². The van der Waals surface area contributed by atoms with Crippen LogP contribution in [0.2, 0.25) is 0 Å². The molecule has 0 spiro atoms. The Hall–Kier alpha value is -3.28. The molecule has 0 bridgehead atoms. The number of benzene rings is 1. The molecule has 12 heteroatoms. The van der Waals surface area contributed by atoms with Gasteiger partial charge in [0.25, 0.3) is 0 Å². The highest BCUT2D eigenvalue weighted by atomic mass is 32.1. The number of hydrogen-bond donors (Lipinski definition) is 1. The first-order chi connectivity index (χ1) is 16.5. The molecule has 0 saturated carbocycles. The summed E-state index contributed by atoms with van der Waals surface area (Å²) in [7, 11) is 0. The molecule has 1 aliphatic heterocycles. The van der Waals surface area contributed by atoms with Gasteiger partial charge in [-0.3, -0.25) is 0 Å². The lowest BCUT2D eigenvalue weighted by Crippen LogP contribution is -2.53. The molecule has 35 heavy (non-hydrogen) atoms. The third-order valence-corrected chi connectivity index (χ3v) is 6.88. The summed E-state index contributed by atoms with van der Waals surface area (Å²) in [4.78, 5) is 15.7. The van der Waals surface area contributed by atoms with E-state index in [2.05, 4.69) is 15.0 Å². The van der Waals surface area contributed by atoms with E-state index >= 15 is 0 Å². The first kappa shape index (κ1) is 23.5. The number of nitrogens with zero attached hydrogens (tertiary/aromatic N) is 4. The van der Waals surface area contributed by atoms with E-state index in [-0.39, 0.29) is 30.5 Å². The topological polar surface area (TPSA) is 48.1 Å². The molecule has 1 N–H and O–H groups in total. The zero-order chi connectivity index (χ0) is 25.0. The Balaban J connectivity index is 1.48. The molecular formula is C23H19F6N5S. The second-order valence-electron chi connectivity index (χ2n) is 8.32. The monoisotopic (exact) mass is 511 g/mol. The molecule has 5 rings (SSSR count). The predicted octanol–water partition coefficient (Wildman–Crippen LogP) is 6.44. The van der Waals surface area contributed by atoms with Crippen LogP contribution in [0.15, 0.2) is 48.0 Å². The molecule has 1 aromatic carbocycles. The number of halogens is 6. The van der Waals surface area contributed by atoms with E-state index in [0.717, 1.165) is 18.2 Å². The highest BCUT2D eigenvalue weighted by Gasteiger charge is 2.38. The summed E-state index contributed by atoms with van der Waals surface area (Å²) in [6.45, 7) is 2.63. The third-order valence-electron chi connectivity index (χ3n) is 5.98. The number of anilines is 2. The molecule has 5 nitrogen and oxygen atoms in total. The lowest BCUT2D eigenvalue weighted by atomic mass is 10.1. The molecule has 1 atom stereocenters. The number of fused-ring (bicyclic) bond motifs is 1. The molecule has 1 fully saturated rings. The van der Waals surface area contributed by atoms with Crippen molar-refractivity contribution in [3.05, 3.63) is 59.1 Å². The van der Waals surface area contributed by atoms with E-state index in [0.29, 0.717) is 28.5 Å². The van der Waals surface area contributed by atoms with Crippen LogP contribution in [-0.4, -0.2) is 40.6 Å². The SMILES string of the molecule is CC1CN(c2ncccc2C(F)(F)F)CCN1c1nc2c(-c3cccs3)cc(C(F)(F)F)cc2[nH]1. The minimum absolute atomic E-state index is 0.133. The van der Waals surface area contributed by atoms with Crippen LogP contribution in [-0.2, 0) is 12.4 Å². The maximum Gasteiger partial charge on any atom is 0.419 e. The lowest BCUT2D eigenvalue weighted by molar-refractivity contribution is -0.138. The number of hydrogen-bond acceptors (Lipinski definition) is 5. The second-order valence-corrected chi connectivity index (χ2v) is 9.26. The van der Waals surface area contributed by atoms with E-state index in [1.54, 1.807) is 22.4 Å². The van der Waals surface area contributed by atoms with Crippen LogP contribution in [0.5, 0.6) is 0 Å². The fourth-order valence-corrected chi connectivity index (χ4v) is 5.10. The van der Waals surface area contributed by atoms with E-state index in [1.807, 2.05) is 11.8 Å². The number of rotatable bonds is 3. The van der Waals surface area contributed by atoms with Crippen molar-refractivity contribution in [1.82, 2.24) is 15.0 Å². The number of aromatic amines is 1. The smallest absolute Gasteiger partial charge is 0.352 e. The highest BCUT2D eigenvalue weighted by Crippen LogP contribution is 2.39. The Bertz CT molecular complexity index is 1340. The zero-order valence-electron chi connectivity index (χ0n) is 18.3. The number of alkyl halides is 6. The fourth-order valence-electron chi connectivity index (χ4n) is 4.36. The van der Waals surface area contributed by atoms with Crippen LogP contribution in [0.4, 0.5) is 38.1 Å². The minimum atomic E-state index is -4.53. The molecule has 184 valence electrons. The summed E-state index contributed by atoms with van der Waals surface area (Å²) < 4.78 is 81.0. The van der Waals surface area contributed by atoms with Crippen LogP contribution in [0.25, 0.3) is 21.5 Å². The highest BCUT2D eigenvalue weighted by molar-refractivity contribution is 7.13. The normalized spacial score (nSPS) is 17.4. The molecule has 0 amide bonds. The van der Waals surface area contributed by atoms with Crippen molar-refractivity contribution in [2.45, 2.75) is 25.3 Å². The third kappa shape index (κ3) is 4.42. The number of imidazole rings is 1. The maximum absolute atomic E-state index is 13.5. The van der Waals surface area contributed by atoms with Gasteiger partial charge in [0, 0.05) is 42.3 Å². The number of aromatic nitrogens is 3. The van der Waals surface area contributed by atoms with E-state index < -0.39 is 23.5 Å². The molecule has 0 radical (unpaired) electrons. The standard InChI is InChI=1S/C23H19F6N5S/c1-13-12-33(20-16(23(27,28)29)4-2-6-30-20)7-8-34(13)21-31-17-11-14(22(24,25)26)10-15(19(17)32-21)18-5-3-9-35-18/h2-6,9-11,13H,7-8,12H2,1H3,(H,31,32). The van der Waals surface area contributed by atoms with Crippen LogP contribution in [0.1, 0.15) is 18.1 Å². The van der Waals surface area contributed by atoms with Gasteiger partial charge in [-0.15, -0.1) is 11.3 Å². The van der Waals surface area contributed by atoms with Crippen molar-refractivity contribution >= 4 is 34.1 Å². The number of H-pyrrole nitrogens is 1. The average molecular weight is 511 g/mol. The van der Waals surface area contributed by atoms with Gasteiger partial charge in [0.15, 0.2) is 0 Å². The second kappa shape index (κ2) is 8.43. The number of nitrogens with one attached hydrogen (secondary N) is 1. The fraction of sp³-hybridized carbons (Fsp3) is 0.304. The first-order valence-corrected chi connectivity index (χ1v) is 11.6. The van der Waals surface area contributed by atoms with Crippen molar-refractivity contribution in [3.63, 3.8) is 0 Å². The molecule has 3 aromatic heterocycles. The maximum atomic E-state index is 13.5. The molecule has 4 heterocycles. The van der Waals surface area contributed by atoms with Crippen LogP contribution in [0, 0.1) is 0 Å². The summed E-state index contributed by atoms with van der Waals surface area (Å²) in [5.41, 5.74) is -0.547. The van der Waals surface area contributed by atoms with Crippen LogP contribution < -0.4 is 9.80 Å². The molecule has 1 saturated heterocycles. The van der Waals surface area contributed by atoms with Gasteiger partial charge >= 0.3 is 12.4 Å². The van der Waals surface area contributed by atoms with Gasteiger partial charge in [0.05, 0.1) is 22.2 Å². The van der Waals surface area contributed by atoms with Gasteiger partial charge < -0.3 is 14.8 Å². The van der Waals surface area contributed by atoms with E-state index in [9.17, 15) is 26.3 Å². The number of pyridine rings is 1. The van der Waals surface area contributed by atoms with Gasteiger partial charge in [-0.05, 0) is 42.6 Å². The van der Waals surface area contributed by atoms with Gasteiger partial charge in [-0.1, -0.05) is 6.07 Å². The Morgan fingerprint density at radius 1 is 1.03 bits per heavy atom. The summed E-state index contributed by atoms with van der Waals surface area (Å²) in [6.07, 6.45) is -7.73. The van der Waals surface area contributed by atoms with Gasteiger partial charge in [-0.2, -0.15) is 26.3 Å². The lowest BCUT2D eigenvalue weighted by Gasteiger charge is -2.40. The van der Waals surface area contributed by atoms with Crippen molar-refractivity contribution in [2.24, 2.45) is 0 Å². The molecular weight excluding hydrogens is 492 g/mol. The van der Waals surface area contributed by atoms with Gasteiger partial charge in [-0.25, -0.2) is 9.97 Å². The quantitative estimate of drug-likeness (QED) is 0.322. The van der Waals surface area contributed by atoms with Crippen molar-refractivity contribution in [3.8, 4) is 10.4 Å². The summed E-state index contributed by atoms with van der Waals surface area (Å²) in [5, 5.41) is 1.78. The Morgan fingerprint density at radius 2 is 1.83 bits per heavy atom. The van der Waals surface area contributed by atoms with Gasteiger partial charge in [0.1, 0.15) is 5.82 Å². The molecule has 1 unspecified atom stereocenters. The number of piperazine rings is 1. The average Bonchev–Trinajstić information content (AvgIpc) is 3.47. The zero-order valence-corrected chi connectivity index (χ0v) is 19.1. The summed E-state index contributed by atoms with van der Waals surface area (Å²) in [6, 6.07) is 7.60.